The fourth-order valence-corrected chi connectivity index (χ4v) is 3.99. The highest BCUT2D eigenvalue weighted by atomic mass is 32.2. The zero-order chi connectivity index (χ0) is 17.9. The van der Waals surface area contributed by atoms with Crippen LogP contribution in [0, 0.1) is 6.92 Å². The molecule has 2 amide bonds. The van der Waals surface area contributed by atoms with E-state index < -0.39 is 0 Å². The number of benzene rings is 1. The molecule has 24 heavy (non-hydrogen) atoms. The standard InChI is InChI=1S/C19H27NO3S/c1-6-8-20-18(21)17(24-19(20)22)11-14-10-15(12(3)4)16(23-7-2)9-13(14)5/h9-10,12,17H,6-8,11H2,1-5H3/t17-/m1/s1. The number of nitrogens with zero attached hydrogens (tertiary/aromatic N) is 1. The molecule has 1 fully saturated rings. The second kappa shape index (κ2) is 8.06. The molecule has 0 radical (unpaired) electrons. The van der Waals surface area contributed by atoms with Crippen LogP contribution in [0.4, 0.5) is 4.79 Å². The topological polar surface area (TPSA) is 46.6 Å². The Morgan fingerprint density at radius 1 is 1.25 bits per heavy atom. The van der Waals surface area contributed by atoms with Gasteiger partial charge in [0.2, 0.25) is 5.91 Å². The van der Waals surface area contributed by atoms with Gasteiger partial charge >= 0.3 is 0 Å². The lowest BCUT2D eigenvalue weighted by molar-refractivity contribution is -0.126. The van der Waals surface area contributed by atoms with E-state index in [1.165, 1.54) is 4.90 Å². The summed E-state index contributed by atoms with van der Waals surface area (Å²) in [4.78, 5) is 25.9. The molecule has 1 aliphatic heterocycles. The van der Waals surface area contributed by atoms with E-state index in [1.807, 2.05) is 20.8 Å². The largest absolute Gasteiger partial charge is 0.494 e. The molecule has 0 saturated carbocycles. The number of imide groups is 1. The Kier molecular flexibility index (Phi) is 6.33. The third kappa shape index (κ3) is 3.94. The summed E-state index contributed by atoms with van der Waals surface area (Å²) in [6, 6.07) is 4.20. The van der Waals surface area contributed by atoms with Crippen LogP contribution in [-0.4, -0.2) is 34.4 Å². The molecule has 1 saturated heterocycles. The van der Waals surface area contributed by atoms with E-state index in [1.54, 1.807) is 0 Å². The van der Waals surface area contributed by atoms with Gasteiger partial charge in [-0.1, -0.05) is 38.6 Å². The van der Waals surface area contributed by atoms with Crippen molar-refractivity contribution < 1.29 is 14.3 Å². The van der Waals surface area contributed by atoms with Gasteiger partial charge in [-0.15, -0.1) is 0 Å². The van der Waals surface area contributed by atoms with E-state index in [0.29, 0.717) is 25.5 Å². The number of aryl methyl sites for hydroxylation is 1. The fraction of sp³-hybridized carbons (Fsp3) is 0.579. The maximum absolute atomic E-state index is 12.5. The fourth-order valence-electron chi connectivity index (χ4n) is 2.95. The number of carbonyl (C=O) groups excluding carboxylic acids is 2. The molecule has 2 rings (SSSR count). The first kappa shape index (κ1) is 18.8. The first-order valence-electron chi connectivity index (χ1n) is 8.67. The van der Waals surface area contributed by atoms with Crippen LogP contribution in [0.3, 0.4) is 0 Å². The van der Waals surface area contributed by atoms with Gasteiger partial charge in [0.1, 0.15) is 5.75 Å². The molecule has 1 aromatic rings. The highest BCUT2D eigenvalue weighted by Crippen LogP contribution is 2.34. The summed E-state index contributed by atoms with van der Waals surface area (Å²) in [5.41, 5.74) is 3.39. The van der Waals surface area contributed by atoms with Crippen molar-refractivity contribution in [3.8, 4) is 5.75 Å². The maximum atomic E-state index is 12.5. The van der Waals surface area contributed by atoms with Crippen molar-refractivity contribution >= 4 is 22.9 Å². The minimum absolute atomic E-state index is 0.0498. The van der Waals surface area contributed by atoms with Crippen LogP contribution in [0.2, 0.25) is 0 Å². The molecule has 0 unspecified atom stereocenters. The van der Waals surface area contributed by atoms with Crippen molar-refractivity contribution in [3.05, 3.63) is 28.8 Å². The highest BCUT2D eigenvalue weighted by Gasteiger charge is 2.39. The molecule has 0 spiro atoms. The highest BCUT2D eigenvalue weighted by molar-refractivity contribution is 8.15. The van der Waals surface area contributed by atoms with E-state index >= 15 is 0 Å². The van der Waals surface area contributed by atoms with E-state index in [4.69, 9.17) is 4.74 Å². The predicted octanol–water partition coefficient (Wildman–Crippen LogP) is 4.53. The zero-order valence-electron chi connectivity index (χ0n) is 15.2. The maximum Gasteiger partial charge on any atom is 0.289 e. The molecule has 4 nitrogen and oxygen atoms in total. The monoisotopic (exact) mass is 349 g/mol. The van der Waals surface area contributed by atoms with Crippen LogP contribution >= 0.6 is 11.8 Å². The molecule has 1 aliphatic rings. The molecular formula is C19H27NO3S. The molecule has 0 bridgehead atoms. The third-order valence-corrected chi connectivity index (χ3v) is 5.32. The molecule has 0 aliphatic carbocycles. The average Bonchev–Trinajstić information content (AvgIpc) is 2.78. The average molecular weight is 349 g/mol. The SMILES string of the molecule is CCCN1C(=O)S[C@H](Cc2cc(C(C)C)c(OCC)cc2C)C1=O. The summed E-state index contributed by atoms with van der Waals surface area (Å²) < 4.78 is 5.76. The lowest BCUT2D eigenvalue weighted by Crippen LogP contribution is -2.32. The number of amides is 2. The number of hydrogen-bond acceptors (Lipinski definition) is 4. The van der Waals surface area contributed by atoms with Gasteiger partial charge in [0, 0.05) is 6.54 Å². The van der Waals surface area contributed by atoms with Crippen molar-refractivity contribution in [1.29, 1.82) is 0 Å². The number of thioether (sulfide) groups is 1. The summed E-state index contributed by atoms with van der Waals surface area (Å²) in [6.07, 6.45) is 1.39. The van der Waals surface area contributed by atoms with Gasteiger partial charge in [-0.25, -0.2) is 0 Å². The first-order chi connectivity index (χ1) is 11.4. The normalized spacial score (nSPS) is 17.9. The molecule has 0 aromatic heterocycles. The zero-order valence-corrected chi connectivity index (χ0v) is 16.0. The van der Waals surface area contributed by atoms with Crippen molar-refractivity contribution in [2.45, 2.75) is 58.6 Å². The Morgan fingerprint density at radius 3 is 2.54 bits per heavy atom. The lowest BCUT2D eigenvalue weighted by Gasteiger charge is -2.18. The Hall–Kier alpha value is -1.49. The van der Waals surface area contributed by atoms with Crippen LogP contribution in [0.1, 0.15) is 56.7 Å². The van der Waals surface area contributed by atoms with E-state index in [9.17, 15) is 9.59 Å². The summed E-state index contributed by atoms with van der Waals surface area (Å²) in [5, 5.41) is -0.416. The molecule has 0 N–H and O–H groups in total. The van der Waals surface area contributed by atoms with Gasteiger partial charge in [-0.2, -0.15) is 0 Å². The molecule has 1 heterocycles. The Morgan fingerprint density at radius 2 is 1.96 bits per heavy atom. The van der Waals surface area contributed by atoms with Gasteiger partial charge in [0.15, 0.2) is 0 Å². The Balaban J connectivity index is 2.25. The van der Waals surface area contributed by atoms with Gasteiger partial charge < -0.3 is 4.74 Å². The molecule has 132 valence electrons. The van der Waals surface area contributed by atoms with Gasteiger partial charge in [-0.05, 0) is 55.4 Å². The van der Waals surface area contributed by atoms with Crippen LogP contribution in [0.5, 0.6) is 5.75 Å². The Labute approximate surface area is 148 Å². The minimum atomic E-state index is -0.305. The van der Waals surface area contributed by atoms with Gasteiger partial charge in [0.25, 0.3) is 5.24 Å². The summed E-state index contributed by atoms with van der Waals surface area (Å²) >= 11 is 1.16. The number of ether oxygens (including phenoxy) is 1. The second-order valence-electron chi connectivity index (χ2n) is 6.47. The third-order valence-electron chi connectivity index (χ3n) is 4.25. The van der Waals surface area contributed by atoms with Gasteiger partial charge in [0.05, 0.1) is 11.9 Å². The molecule has 5 heteroatoms. The second-order valence-corrected chi connectivity index (χ2v) is 7.62. The van der Waals surface area contributed by atoms with Crippen LogP contribution in [-0.2, 0) is 11.2 Å². The predicted molar refractivity (Wildman–Crippen MR) is 98.9 cm³/mol. The van der Waals surface area contributed by atoms with Crippen molar-refractivity contribution in [2.24, 2.45) is 0 Å². The molecular weight excluding hydrogens is 322 g/mol. The van der Waals surface area contributed by atoms with E-state index in [0.717, 1.165) is 40.6 Å². The summed E-state index contributed by atoms with van der Waals surface area (Å²) in [5.74, 6) is 1.21. The first-order valence-corrected chi connectivity index (χ1v) is 9.55. The van der Waals surface area contributed by atoms with E-state index in [2.05, 4.69) is 26.0 Å². The van der Waals surface area contributed by atoms with Crippen LogP contribution < -0.4 is 4.74 Å². The summed E-state index contributed by atoms with van der Waals surface area (Å²) in [7, 11) is 0. The van der Waals surface area contributed by atoms with Crippen LogP contribution in [0.25, 0.3) is 0 Å². The number of rotatable bonds is 7. The number of hydrogen-bond donors (Lipinski definition) is 0. The molecule has 1 atom stereocenters. The smallest absolute Gasteiger partial charge is 0.289 e. The lowest BCUT2D eigenvalue weighted by atomic mass is 9.94. The van der Waals surface area contributed by atoms with E-state index in [-0.39, 0.29) is 16.4 Å². The Bertz CT molecular complexity index is 627. The van der Waals surface area contributed by atoms with Crippen molar-refractivity contribution in [2.75, 3.05) is 13.2 Å². The van der Waals surface area contributed by atoms with Crippen molar-refractivity contribution in [1.82, 2.24) is 4.90 Å². The van der Waals surface area contributed by atoms with Crippen LogP contribution in [0.15, 0.2) is 12.1 Å². The van der Waals surface area contributed by atoms with Gasteiger partial charge in [-0.3, -0.25) is 14.5 Å². The quantitative estimate of drug-likeness (QED) is 0.725. The van der Waals surface area contributed by atoms with Crippen molar-refractivity contribution in [3.63, 3.8) is 0 Å². The summed E-state index contributed by atoms with van der Waals surface area (Å²) in [6.45, 7) is 11.4. The minimum Gasteiger partial charge on any atom is -0.494 e. The number of carbonyl (C=O) groups is 2. The molecule has 1 aromatic carbocycles.